The predicted octanol–water partition coefficient (Wildman–Crippen LogP) is 4.44. The Hall–Kier alpha value is -2.43. The lowest BCUT2D eigenvalue weighted by Gasteiger charge is -2.09. The molecule has 4 nitrogen and oxygen atoms in total. The topological polar surface area (TPSA) is 49.7 Å². The van der Waals surface area contributed by atoms with Crippen LogP contribution in [0.4, 0.5) is 0 Å². The molecule has 24 heavy (non-hydrogen) atoms. The molecule has 120 valence electrons. The summed E-state index contributed by atoms with van der Waals surface area (Å²) in [5.74, 6) is -0.946. The van der Waals surface area contributed by atoms with E-state index in [2.05, 4.69) is 5.10 Å². The molecule has 0 atom stereocenters. The van der Waals surface area contributed by atoms with Gasteiger partial charge in [0.15, 0.2) is 0 Å². The first kappa shape index (κ1) is 16.4. The van der Waals surface area contributed by atoms with E-state index in [1.165, 1.54) is 0 Å². The van der Waals surface area contributed by atoms with Crippen LogP contribution in [-0.2, 0) is 4.79 Å². The van der Waals surface area contributed by atoms with Crippen molar-refractivity contribution in [1.29, 1.82) is 0 Å². The van der Waals surface area contributed by atoms with Gasteiger partial charge in [0.05, 0.1) is 11.3 Å². The lowest BCUT2D eigenvalue weighted by Crippen LogP contribution is -2.29. The van der Waals surface area contributed by atoms with Crippen molar-refractivity contribution in [3.8, 4) is 0 Å². The van der Waals surface area contributed by atoms with Crippen LogP contribution in [0.15, 0.2) is 59.2 Å². The quantitative estimate of drug-likeness (QED) is 0.588. The summed E-state index contributed by atoms with van der Waals surface area (Å²) in [5, 5.41) is 6.09. The fourth-order valence-electron chi connectivity index (χ4n) is 2.26. The zero-order valence-electron chi connectivity index (χ0n) is 12.7. The molecule has 1 aliphatic heterocycles. The van der Waals surface area contributed by atoms with Crippen LogP contribution in [-0.4, -0.2) is 22.5 Å². The van der Waals surface area contributed by atoms with E-state index in [9.17, 15) is 9.59 Å². The summed E-state index contributed by atoms with van der Waals surface area (Å²) in [6.07, 6.45) is 1.69. The van der Waals surface area contributed by atoms with E-state index in [0.717, 1.165) is 10.6 Å². The largest absolute Gasteiger partial charge is 0.283 e. The molecule has 0 bridgehead atoms. The average molecular weight is 359 g/mol. The van der Waals surface area contributed by atoms with E-state index in [1.807, 2.05) is 0 Å². The van der Waals surface area contributed by atoms with Gasteiger partial charge in [-0.3, -0.25) is 9.59 Å². The van der Waals surface area contributed by atoms with Crippen molar-refractivity contribution < 1.29 is 9.59 Å². The van der Waals surface area contributed by atoms with Crippen LogP contribution >= 0.6 is 23.2 Å². The monoisotopic (exact) mass is 358 g/mol. The third kappa shape index (κ3) is 3.25. The number of carbonyl (C=O) groups excluding carboxylic acids is 2. The van der Waals surface area contributed by atoms with E-state index >= 15 is 0 Å². The third-order valence-electron chi connectivity index (χ3n) is 3.53. The van der Waals surface area contributed by atoms with Crippen LogP contribution in [0.3, 0.4) is 0 Å². The van der Waals surface area contributed by atoms with Crippen LogP contribution in [0.5, 0.6) is 0 Å². The summed E-state index contributed by atoms with van der Waals surface area (Å²) in [6.45, 7) is 1.69. The van der Waals surface area contributed by atoms with Crippen molar-refractivity contribution >= 4 is 46.8 Å². The zero-order chi connectivity index (χ0) is 17.3. The molecule has 0 aliphatic carbocycles. The molecule has 2 amide bonds. The molecule has 0 saturated heterocycles. The molecule has 6 heteroatoms. The number of imide groups is 1. The zero-order valence-corrected chi connectivity index (χ0v) is 14.2. The number of carbonyl (C=O) groups is 2. The van der Waals surface area contributed by atoms with Gasteiger partial charge in [-0.15, -0.1) is 0 Å². The summed E-state index contributed by atoms with van der Waals surface area (Å²) >= 11 is 11.7. The standard InChI is InChI=1S/C18H12Cl2N2O2/c1-11-16(10-12-2-6-14(19)7-3-12)18(24)22(21-11)17(23)13-4-8-15(20)9-5-13/h2-10H,1H3/b16-10-. The molecular formula is C18H12Cl2N2O2. The van der Waals surface area contributed by atoms with E-state index in [0.29, 0.717) is 26.9 Å². The molecule has 0 aromatic heterocycles. The van der Waals surface area contributed by atoms with Crippen molar-refractivity contribution in [2.75, 3.05) is 0 Å². The minimum Gasteiger partial charge on any atom is -0.267 e. The SMILES string of the molecule is CC1=NN(C(=O)c2ccc(Cl)cc2)C(=O)/C1=C\c1ccc(Cl)cc1. The van der Waals surface area contributed by atoms with Gasteiger partial charge < -0.3 is 0 Å². The lowest BCUT2D eigenvalue weighted by atomic mass is 10.1. The molecule has 2 aromatic rings. The molecule has 3 rings (SSSR count). The molecule has 1 aliphatic rings. The van der Waals surface area contributed by atoms with E-state index in [-0.39, 0.29) is 0 Å². The highest BCUT2D eigenvalue weighted by Crippen LogP contribution is 2.22. The first-order chi connectivity index (χ1) is 11.5. The Morgan fingerprint density at radius 2 is 1.54 bits per heavy atom. The smallest absolute Gasteiger partial charge is 0.267 e. The summed E-state index contributed by atoms with van der Waals surface area (Å²) in [4.78, 5) is 25.0. The number of amides is 2. The second kappa shape index (κ2) is 6.59. The highest BCUT2D eigenvalue weighted by atomic mass is 35.5. The Bertz CT molecular complexity index is 869. The second-order valence-corrected chi connectivity index (χ2v) is 6.10. The third-order valence-corrected chi connectivity index (χ3v) is 4.03. The molecule has 0 unspecified atom stereocenters. The van der Waals surface area contributed by atoms with Crippen molar-refractivity contribution in [2.45, 2.75) is 6.92 Å². The van der Waals surface area contributed by atoms with Crippen molar-refractivity contribution in [3.63, 3.8) is 0 Å². The summed E-state index contributed by atoms with van der Waals surface area (Å²) < 4.78 is 0. The maximum atomic E-state index is 12.5. The number of hydrogen-bond acceptors (Lipinski definition) is 3. The normalized spacial score (nSPS) is 15.8. The van der Waals surface area contributed by atoms with Crippen LogP contribution in [0.2, 0.25) is 10.0 Å². The van der Waals surface area contributed by atoms with Gasteiger partial charge >= 0.3 is 0 Å². The first-order valence-electron chi connectivity index (χ1n) is 7.13. The number of rotatable bonds is 2. The Morgan fingerprint density at radius 3 is 2.12 bits per heavy atom. The maximum Gasteiger partial charge on any atom is 0.283 e. The maximum absolute atomic E-state index is 12.5. The van der Waals surface area contributed by atoms with E-state index in [1.54, 1.807) is 61.5 Å². The van der Waals surface area contributed by atoms with Gasteiger partial charge in [0.2, 0.25) is 0 Å². The van der Waals surface area contributed by atoms with Crippen LogP contribution in [0, 0.1) is 0 Å². The number of hydrazone groups is 1. The van der Waals surface area contributed by atoms with Gasteiger partial charge in [0.25, 0.3) is 11.8 Å². The molecule has 1 heterocycles. The van der Waals surface area contributed by atoms with Gasteiger partial charge in [-0.1, -0.05) is 35.3 Å². The highest BCUT2D eigenvalue weighted by molar-refractivity contribution is 6.32. The summed E-state index contributed by atoms with van der Waals surface area (Å²) in [6, 6.07) is 13.4. The minimum absolute atomic E-state index is 0.344. The van der Waals surface area contributed by atoms with E-state index in [4.69, 9.17) is 23.2 Å². The summed E-state index contributed by atoms with van der Waals surface area (Å²) in [5.41, 5.74) is 2.01. The number of benzene rings is 2. The molecule has 0 N–H and O–H groups in total. The number of nitrogens with zero attached hydrogens (tertiary/aromatic N) is 2. The molecule has 0 saturated carbocycles. The van der Waals surface area contributed by atoms with Gasteiger partial charge in [-0.25, -0.2) is 0 Å². The highest BCUT2D eigenvalue weighted by Gasteiger charge is 2.32. The lowest BCUT2D eigenvalue weighted by molar-refractivity contribution is -0.123. The first-order valence-corrected chi connectivity index (χ1v) is 7.88. The van der Waals surface area contributed by atoms with Gasteiger partial charge in [0, 0.05) is 15.6 Å². The van der Waals surface area contributed by atoms with Crippen molar-refractivity contribution in [3.05, 3.63) is 75.3 Å². The van der Waals surface area contributed by atoms with Crippen molar-refractivity contribution in [2.24, 2.45) is 5.10 Å². The Labute approximate surface area is 149 Å². The Balaban J connectivity index is 1.88. The Morgan fingerprint density at radius 1 is 1.00 bits per heavy atom. The van der Waals surface area contributed by atoms with Gasteiger partial charge in [-0.05, 0) is 55.0 Å². The fourth-order valence-corrected chi connectivity index (χ4v) is 2.51. The molecule has 0 spiro atoms. The number of hydrogen-bond donors (Lipinski definition) is 0. The van der Waals surface area contributed by atoms with Crippen LogP contribution in [0.1, 0.15) is 22.8 Å². The minimum atomic E-state index is -0.490. The Kier molecular flexibility index (Phi) is 4.51. The molecular weight excluding hydrogens is 347 g/mol. The van der Waals surface area contributed by atoms with Gasteiger partial charge in [0.1, 0.15) is 0 Å². The fraction of sp³-hybridized carbons (Fsp3) is 0.0556. The van der Waals surface area contributed by atoms with Crippen LogP contribution < -0.4 is 0 Å². The molecule has 2 aromatic carbocycles. The second-order valence-electron chi connectivity index (χ2n) is 5.22. The average Bonchev–Trinajstić information content (AvgIpc) is 2.85. The van der Waals surface area contributed by atoms with E-state index < -0.39 is 11.8 Å². The van der Waals surface area contributed by atoms with Crippen LogP contribution in [0.25, 0.3) is 6.08 Å². The van der Waals surface area contributed by atoms with Crippen molar-refractivity contribution in [1.82, 2.24) is 5.01 Å². The molecule has 0 fully saturated rings. The molecule has 0 radical (unpaired) electrons. The van der Waals surface area contributed by atoms with Gasteiger partial charge in [-0.2, -0.15) is 10.1 Å². The predicted molar refractivity (Wildman–Crippen MR) is 95.2 cm³/mol. The summed E-state index contributed by atoms with van der Waals surface area (Å²) in [7, 11) is 0. The number of halogens is 2.